The Kier molecular flexibility index (Phi) is 3.18. The summed E-state index contributed by atoms with van der Waals surface area (Å²) in [5.74, 6) is 0.532. The summed E-state index contributed by atoms with van der Waals surface area (Å²) >= 11 is 0. The van der Waals surface area contributed by atoms with Crippen LogP contribution in [0.15, 0.2) is 24.3 Å². The lowest BCUT2D eigenvalue weighted by Gasteiger charge is -2.50. The van der Waals surface area contributed by atoms with Crippen LogP contribution in [0.25, 0.3) is 0 Å². The average molecular weight is 259 g/mol. The Bertz CT molecular complexity index is 445. The van der Waals surface area contributed by atoms with Gasteiger partial charge in [0.2, 0.25) is 0 Å². The normalized spacial score (nSPS) is 28.7. The van der Waals surface area contributed by atoms with Crippen molar-refractivity contribution in [1.29, 1.82) is 0 Å². The highest BCUT2D eigenvalue weighted by atomic mass is 16.5. The maximum atomic E-state index is 6.71. The second kappa shape index (κ2) is 4.60. The summed E-state index contributed by atoms with van der Waals surface area (Å²) in [7, 11) is 0. The van der Waals surface area contributed by atoms with Gasteiger partial charge in [-0.25, -0.2) is 0 Å². The van der Waals surface area contributed by atoms with Gasteiger partial charge in [-0.2, -0.15) is 0 Å². The van der Waals surface area contributed by atoms with Crippen molar-refractivity contribution in [2.24, 2.45) is 11.7 Å². The lowest BCUT2D eigenvalue weighted by atomic mass is 9.66. The fourth-order valence-corrected chi connectivity index (χ4v) is 3.61. The molecule has 2 fully saturated rings. The Morgan fingerprint density at radius 3 is 2.53 bits per heavy atom. The highest BCUT2D eigenvalue weighted by Gasteiger charge is 2.46. The van der Waals surface area contributed by atoms with E-state index in [4.69, 9.17) is 10.5 Å². The molecule has 1 aliphatic heterocycles. The molecule has 0 radical (unpaired) electrons. The predicted molar refractivity (Wildman–Crippen MR) is 78.0 cm³/mol. The predicted octanol–water partition coefficient (Wildman–Crippen LogP) is 3.52. The van der Waals surface area contributed by atoms with Gasteiger partial charge < -0.3 is 10.5 Å². The SMILES string of the molecule is Cc1ccc(C(C)(N)C2CCOC3(CCC3)C2)cc1. The number of hydrogen-bond acceptors (Lipinski definition) is 2. The van der Waals surface area contributed by atoms with Crippen molar-refractivity contribution in [3.63, 3.8) is 0 Å². The lowest BCUT2D eigenvalue weighted by molar-refractivity contribution is -0.151. The fourth-order valence-electron chi connectivity index (χ4n) is 3.61. The molecule has 1 saturated heterocycles. The summed E-state index contributed by atoms with van der Waals surface area (Å²) in [5.41, 5.74) is 9.20. The van der Waals surface area contributed by atoms with Crippen LogP contribution in [0.2, 0.25) is 0 Å². The summed E-state index contributed by atoms with van der Waals surface area (Å²) in [6.07, 6.45) is 6.00. The molecular weight excluding hydrogens is 234 g/mol. The zero-order valence-corrected chi connectivity index (χ0v) is 12.1. The molecule has 1 aromatic rings. The van der Waals surface area contributed by atoms with Crippen LogP contribution in [-0.2, 0) is 10.3 Å². The number of benzene rings is 1. The molecule has 2 aliphatic rings. The van der Waals surface area contributed by atoms with Crippen LogP contribution in [0.4, 0.5) is 0 Å². The molecule has 0 aromatic heterocycles. The fraction of sp³-hybridized carbons (Fsp3) is 0.647. The largest absolute Gasteiger partial charge is 0.375 e. The summed E-state index contributed by atoms with van der Waals surface area (Å²) in [6.45, 7) is 5.19. The molecule has 3 rings (SSSR count). The second-order valence-electron chi connectivity index (χ2n) is 6.72. The Balaban J connectivity index is 1.81. The molecule has 2 nitrogen and oxygen atoms in total. The number of rotatable bonds is 2. The summed E-state index contributed by atoms with van der Waals surface area (Å²) in [5, 5.41) is 0. The number of ether oxygens (including phenoxy) is 1. The van der Waals surface area contributed by atoms with Gasteiger partial charge in [-0.3, -0.25) is 0 Å². The van der Waals surface area contributed by atoms with E-state index in [1.54, 1.807) is 0 Å². The first-order valence-electron chi connectivity index (χ1n) is 7.52. The van der Waals surface area contributed by atoms with E-state index in [0.717, 1.165) is 19.4 Å². The van der Waals surface area contributed by atoms with Gasteiger partial charge >= 0.3 is 0 Å². The van der Waals surface area contributed by atoms with Crippen LogP contribution in [0.3, 0.4) is 0 Å². The number of hydrogen-bond donors (Lipinski definition) is 1. The van der Waals surface area contributed by atoms with E-state index in [1.165, 1.54) is 30.4 Å². The van der Waals surface area contributed by atoms with Crippen molar-refractivity contribution < 1.29 is 4.74 Å². The van der Waals surface area contributed by atoms with Crippen LogP contribution in [-0.4, -0.2) is 12.2 Å². The van der Waals surface area contributed by atoms with E-state index >= 15 is 0 Å². The van der Waals surface area contributed by atoms with Gasteiger partial charge in [-0.15, -0.1) is 0 Å². The van der Waals surface area contributed by atoms with Crippen molar-refractivity contribution in [3.05, 3.63) is 35.4 Å². The molecule has 2 heteroatoms. The maximum absolute atomic E-state index is 6.71. The standard InChI is InChI=1S/C17H25NO/c1-13-4-6-14(7-5-13)16(2,18)15-8-11-19-17(12-15)9-3-10-17/h4-7,15H,3,8-12,18H2,1-2H3. The lowest BCUT2D eigenvalue weighted by Crippen LogP contribution is -2.52. The molecule has 1 aliphatic carbocycles. The third-order valence-corrected chi connectivity index (χ3v) is 5.28. The molecule has 1 aromatic carbocycles. The van der Waals surface area contributed by atoms with Gasteiger partial charge in [0, 0.05) is 12.1 Å². The number of aryl methyl sites for hydroxylation is 1. The molecule has 1 spiro atoms. The molecule has 19 heavy (non-hydrogen) atoms. The molecule has 1 saturated carbocycles. The summed E-state index contributed by atoms with van der Waals surface area (Å²) in [4.78, 5) is 0. The highest BCUT2D eigenvalue weighted by Crippen LogP contribution is 2.48. The molecule has 2 atom stereocenters. The van der Waals surface area contributed by atoms with Gasteiger partial charge in [0.1, 0.15) is 0 Å². The first kappa shape index (κ1) is 13.1. The average Bonchev–Trinajstić information content (AvgIpc) is 2.37. The highest BCUT2D eigenvalue weighted by molar-refractivity contribution is 5.28. The van der Waals surface area contributed by atoms with E-state index in [-0.39, 0.29) is 11.1 Å². The minimum atomic E-state index is -0.236. The van der Waals surface area contributed by atoms with Crippen molar-refractivity contribution in [2.45, 2.75) is 57.1 Å². The molecule has 2 N–H and O–H groups in total. The molecule has 0 bridgehead atoms. The monoisotopic (exact) mass is 259 g/mol. The van der Waals surface area contributed by atoms with Crippen LogP contribution in [0.5, 0.6) is 0 Å². The van der Waals surface area contributed by atoms with Gasteiger partial charge in [0.25, 0.3) is 0 Å². The third-order valence-electron chi connectivity index (χ3n) is 5.28. The summed E-state index contributed by atoms with van der Waals surface area (Å²) in [6, 6.07) is 8.72. The van der Waals surface area contributed by atoms with E-state index in [1.807, 2.05) is 0 Å². The van der Waals surface area contributed by atoms with Crippen molar-refractivity contribution >= 4 is 0 Å². The molecule has 0 amide bonds. The third kappa shape index (κ3) is 2.32. The van der Waals surface area contributed by atoms with Crippen LogP contribution < -0.4 is 5.73 Å². The Morgan fingerprint density at radius 2 is 1.95 bits per heavy atom. The minimum absolute atomic E-state index is 0.175. The van der Waals surface area contributed by atoms with Gasteiger partial charge in [-0.05, 0) is 57.4 Å². The maximum Gasteiger partial charge on any atom is 0.0686 e. The van der Waals surface area contributed by atoms with Crippen molar-refractivity contribution in [3.8, 4) is 0 Å². The zero-order valence-electron chi connectivity index (χ0n) is 12.1. The topological polar surface area (TPSA) is 35.2 Å². The van der Waals surface area contributed by atoms with Gasteiger partial charge in [0.15, 0.2) is 0 Å². The van der Waals surface area contributed by atoms with E-state index < -0.39 is 0 Å². The molecular formula is C17H25NO. The zero-order chi connectivity index (χ0) is 13.5. The Hall–Kier alpha value is -0.860. The smallest absolute Gasteiger partial charge is 0.0686 e. The molecule has 104 valence electrons. The van der Waals surface area contributed by atoms with E-state index in [9.17, 15) is 0 Å². The van der Waals surface area contributed by atoms with Crippen molar-refractivity contribution in [2.75, 3.05) is 6.61 Å². The quantitative estimate of drug-likeness (QED) is 0.882. The van der Waals surface area contributed by atoms with Crippen molar-refractivity contribution in [1.82, 2.24) is 0 Å². The Morgan fingerprint density at radius 1 is 1.26 bits per heavy atom. The van der Waals surface area contributed by atoms with E-state index in [2.05, 4.69) is 38.1 Å². The van der Waals surface area contributed by atoms with Crippen LogP contribution >= 0.6 is 0 Å². The first-order chi connectivity index (χ1) is 9.02. The van der Waals surface area contributed by atoms with Gasteiger partial charge in [0.05, 0.1) is 5.60 Å². The second-order valence-corrected chi connectivity index (χ2v) is 6.72. The first-order valence-corrected chi connectivity index (χ1v) is 7.52. The summed E-state index contributed by atoms with van der Waals surface area (Å²) < 4.78 is 6.03. The molecule has 1 heterocycles. The Labute approximate surface area is 116 Å². The van der Waals surface area contributed by atoms with Gasteiger partial charge in [-0.1, -0.05) is 29.8 Å². The van der Waals surface area contributed by atoms with Crippen LogP contribution in [0.1, 0.15) is 50.2 Å². The molecule has 2 unspecified atom stereocenters. The van der Waals surface area contributed by atoms with E-state index in [0.29, 0.717) is 5.92 Å². The van der Waals surface area contributed by atoms with Crippen LogP contribution in [0, 0.1) is 12.8 Å². The minimum Gasteiger partial charge on any atom is -0.375 e. The number of nitrogens with two attached hydrogens (primary N) is 1.